The number of rotatable bonds is 2. The molecule has 0 aromatic heterocycles. The maximum absolute atomic E-state index is 13.0. The van der Waals surface area contributed by atoms with E-state index in [1.54, 1.807) is 12.1 Å². The van der Waals surface area contributed by atoms with Gasteiger partial charge in [-0.3, -0.25) is 0 Å². The number of benzene rings is 1. The van der Waals surface area contributed by atoms with E-state index in [0.717, 1.165) is 5.56 Å². The van der Waals surface area contributed by atoms with E-state index >= 15 is 0 Å². The van der Waals surface area contributed by atoms with Gasteiger partial charge in [0.15, 0.2) is 9.84 Å². The third kappa shape index (κ3) is 3.24. The molecule has 0 bridgehead atoms. The summed E-state index contributed by atoms with van der Waals surface area (Å²) in [7, 11) is -7.00. The molecule has 1 aromatic carbocycles. The van der Waals surface area contributed by atoms with Gasteiger partial charge >= 0.3 is 0 Å². The summed E-state index contributed by atoms with van der Waals surface area (Å²) in [6, 6.07) is 6.20. The second-order valence-electron chi connectivity index (χ2n) is 7.44. The Morgan fingerprint density at radius 1 is 1.12 bits per heavy atom. The highest BCUT2D eigenvalue weighted by molar-refractivity contribution is 7.92. The average molecular weight is 373 g/mol. The van der Waals surface area contributed by atoms with Gasteiger partial charge in [0.25, 0.3) is 0 Å². The molecule has 0 saturated carbocycles. The second kappa shape index (κ2) is 5.79. The highest BCUT2D eigenvalue weighted by Gasteiger charge is 2.48. The molecule has 0 amide bonds. The molecule has 2 heterocycles. The summed E-state index contributed by atoms with van der Waals surface area (Å²) in [4.78, 5) is 0.195. The number of nitrogens with zero attached hydrogens (tertiary/aromatic N) is 1. The van der Waals surface area contributed by atoms with Gasteiger partial charge in [-0.1, -0.05) is 32.9 Å². The molecule has 2 saturated heterocycles. The molecule has 0 spiro atoms. The lowest BCUT2D eigenvalue weighted by atomic mass is 9.87. The summed E-state index contributed by atoms with van der Waals surface area (Å²) in [5.74, 6) is -0.274. The lowest BCUT2D eigenvalue weighted by Crippen LogP contribution is -2.53. The Bertz CT molecular complexity index is 822. The third-order valence-corrected chi connectivity index (χ3v) is 8.24. The first kappa shape index (κ1) is 17.8. The first-order valence-corrected chi connectivity index (χ1v) is 11.2. The van der Waals surface area contributed by atoms with Crippen molar-refractivity contribution in [1.29, 1.82) is 0 Å². The Kier molecular flexibility index (Phi) is 4.31. The van der Waals surface area contributed by atoms with Gasteiger partial charge in [-0.25, -0.2) is 16.8 Å². The van der Waals surface area contributed by atoms with Crippen LogP contribution >= 0.6 is 0 Å². The van der Waals surface area contributed by atoms with E-state index in [4.69, 9.17) is 4.74 Å². The van der Waals surface area contributed by atoms with Crippen LogP contribution in [0, 0.1) is 0 Å². The molecule has 24 heavy (non-hydrogen) atoms. The van der Waals surface area contributed by atoms with Crippen LogP contribution in [-0.2, 0) is 30.0 Å². The zero-order valence-electron chi connectivity index (χ0n) is 14.1. The summed E-state index contributed by atoms with van der Waals surface area (Å²) >= 11 is 0. The van der Waals surface area contributed by atoms with E-state index in [1.165, 1.54) is 4.31 Å². The molecule has 8 heteroatoms. The van der Waals surface area contributed by atoms with Gasteiger partial charge in [0.2, 0.25) is 10.0 Å². The minimum atomic E-state index is -3.74. The molecule has 0 N–H and O–H groups in total. The van der Waals surface area contributed by atoms with Gasteiger partial charge in [0.05, 0.1) is 35.2 Å². The quantitative estimate of drug-likeness (QED) is 0.777. The monoisotopic (exact) mass is 373 g/mol. The van der Waals surface area contributed by atoms with Crippen LogP contribution in [0.15, 0.2) is 29.2 Å². The van der Waals surface area contributed by atoms with Gasteiger partial charge in [0, 0.05) is 6.54 Å². The molecule has 2 fully saturated rings. The fourth-order valence-electron chi connectivity index (χ4n) is 3.25. The van der Waals surface area contributed by atoms with Crippen molar-refractivity contribution < 1.29 is 21.6 Å². The molecule has 0 radical (unpaired) electrons. The van der Waals surface area contributed by atoms with Crippen molar-refractivity contribution in [3.05, 3.63) is 29.8 Å². The van der Waals surface area contributed by atoms with E-state index < -0.39 is 32.0 Å². The van der Waals surface area contributed by atoms with Crippen LogP contribution in [0.2, 0.25) is 0 Å². The standard InChI is InChI=1S/C16H23NO5S2/c1-16(2,3)12-4-6-13(7-5-12)24(20,21)17-8-9-22-15-11-23(18,19)10-14(15)17/h4-7,14-15H,8-11H2,1-3H3. The van der Waals surface area contributed by atoms with E-state index in [0.29, 0.717) is 0 Å². The largest absolute Gasteiger partial charge is 0.374 e. The minimum Gasteiger partial charge on any atom is -0.374 e. The predicted octanol–water partition coefficient (Wildman–Crippen LogP) is 1.17. The summed E-state index contributed by atoms with van der Waals surface area (Å²) in [6.07, 6.45) is -0.563. The number of sulfonamides is 1. The van der Waals surface area contributed by atoms with Gasteiger partial charge < -0.3 is 4.74 Å². The zero-order valence-corrected chi connectivity index (χ0v) is 15.7. The third-order valence-electron chi connectivity index (χ3n) is 4.61. The number of sulfone groups is 1. The molecule has 2 unspecified atom stereocenters. The van der Waals surface area contributed by atoms with Gasteiger partial charge in [-0.15, -0.1) is 0 Å². The van der Waals surface area contributed by atoms with Crippen LogP contribution in [0.5, 0.6) is 0 Å². The Morgan fingerprint density at radius 2 is 1.75 bits per heavy atom. The van der Waals surface area contributed by atoms with Crippen LogP contribution < -0.4 is 0 Å². The van der Waals surface area contributed by atoms with Crippen LogP contribution in [0.1, 0.15) is 26.3 Å². The number of fused-ring (bicyclic) bond motifs is 1. The second-order valence-corrected chi connectivity index (χ2v) is 11.5. The first-order valence-electron chi connectivity index (χ1n) is 7.95. The fourth-order valence-corrected chi connectivity index (χ4v) is 6.84. The molecule has 3 rings (SSSR count). The molecule has 2 aliphatic rings. The number of hydrogen-bond donors (Lipinski definition) is 0. The first-order chi connectivity index (χ1) is 11.0. The molecular weight excluding hydrogens is 350 g/mol. The maximum atomic E-state index is 13.0. The van der Waals surface area contributed by atoms with Crippen molar-refractivity contribution in [2.75, 3.05) is 24.7 Å². The lowest BCUT2D eigenvalue weighted by Gasteiger charge is -2.35. The average Bonchev–Trinajstić information content (AvgIpc) is 2.79. The van der Waals surface area contributed by atoms with E-state index in [-0.39, 0.29) is 35.0 Å². The molecule has 134 valence electrons. The SMILES string of the molecule is CC(C)(C)c1ccc(S(=O)(=O)N2CCOC3CS(=O)(=O)CC32)cc1. The van der Waals surface area contributed by atoms with Gasteiger partial charge in [-0.2, -0.15) is 4.31 Å². The summed E-state index contributed by atoms with van der Waals surface area (Å²) in [6.45, 7) is 6.58. The summed E-state index contributed by atoms with van der Waals surface area (Å²) < 4.78 is 56.5. The molecule has 1 aromatic rings. The predicted molar refractivity (Wildman–Crippen MR) is 91.2 cm³/mol. The van der Waals surface area contributed by atoms with Crippen molar-refractivity contribution in [2.24, 2.45) is 0 Å². The molecule has 0 aliphatic carbocycles. The van der Waals surface area contributed by atoms with Gasteiger partial charge in [-0.05, 0) is 23.1 Å². The zero-order chi connectivity index (χ0) is 17.8. The topological polar surface area (TPSA) is 80.8 Å². The van der Waals surface area contributed by atoms with E-state index in [9.17, 15) is 16.8 Å². The normalized spacial score (nSPS) is 27.8. The summed E-state index contributed by atoms with van der Waals surface area (Å²) in [5.41, 5.74) is 0.982. The molecular formula is C16H23NO5S2. The van der Waals surface area contributed by atoms with Crippen molar-refractivity contribution in [2.45, 2.75) is 43.2 Å². The summed E-state index contributed by atoms with van der Waals surface area (Å²) in [5, 5.41) is 0. The van der Waals surface area contributed by atoms with E-state index in [1.807, 2.05) is 12.1 Å². The highest BCUT2D eigenvalue weighted by atomic mass is 32.2. The lowest BCUT2D eigenvalue weighted by molar-refractivity contribution is -0.0141. The molecule has 2 aliphatic heterocycles. The van der Waals surface area contributed by atoms with Gasteiger partial charge in [0.1, 0.15) is 0 Å². The van der Waals surface area contributed by atoms with Crippen LogP contribution in [0.3, 0.4) is 0 Å². The van der Waals surface area contributed by atoms with Crippen LogP contribution in [0.4, 0.5) is 0 Å². The Balaban J connectivity index is 1.92. The van der Waals surface area contributed by atoms with Crippen molar-refractivity contribution >= 4 is 19.9 Å². The van der Waals surface area contributed by atoms with Crippen LogP contribution in [-0.4, -0.2) is 57.9 Å². The Morgan fingerprint density at radius 3 is 2.33 bits per heavy atom. The smallest absolute Gasteiger partial charge is 0.243 e. The number of ether oxygens (including phenoxy) is 1. The van der Waals surface area contributed by atoms with Crippen molar-refractivity contribution in [3.8, 4) is 0 Å². The molecule has 2 atom stereocenters. The number of morpholine rings is 1. The maximum Gasteiger partial charge on any atom is 0.243 e. The van der Waals surface area contributed by atoms with Crippen molar-refractivity contribution in [3.63, 3.8) is 0 Å². The highest BCUT2D eigenvalue weighted by Crippen LogP contribution is 2.30. The fraction of sp³-hybridized carbons (Fsp3) is 0.625. The van der Waals surface area contributed by atoms with E-state index in [2.05, 4.69) is 20.8 Å². The van der Waals surface area contributed by atoms with Crippen LogP contribution in [0.25, 0.3) is 0 Å². The van der Waals surface area contributed by atoms with Crippen molar-refractivity contribution in [1.82, 2.24) is 4.31 Å². The Hall–Kier alpha value is -0.960. The minimum absolute atomic E-state index is 0.0636. The number of hydrogen-bond acceptors (Lipinski definition) is 5. The molecule has 6 nitrogen and oxygen atoms in total. The Labute approximate surface area is 143 Å².